The molecule has 0 aliphatic carbocycles. The third-order valence-corrected chi connectivity index (χ3v) is 3.70. The quantitative estimate of drug-likeness (QED) is 0.937. The molecule has 0 fully saturated rings. The third-order valence-electron chi connectivity index (χ3n) is 3.70. The molecular formula is C17H15NO5. The van der Waals surface area contributed by atoms with E-state index in [1.54, 1.807) is 6.07 Å². The molecule has 0 saturated carbocycles. The highest BCUT2D eigenvalue weighted by molar-refractivity contribution is 5.81. The Morgan fingerprint density at radius 2 is 1.78 bits per heavy atom. The Morgan fingerprint density at radius 3 is 2.70 bits per heavy atom. The lowest BCUT2D eigenvalue weighted by molar-refractivity contribution is -0.130. The number of amides is 1. The summed E-state index contributed by atoms with van der Waals surface area (Å²) in [5, 5.41) is 2.85. The molecule has 0 radical (unpaired) electrons. The average molecular weight is 313 g/mol. The maximum absolute atomic E-state index is 12.2. The Hall–Kier alpha value is -2.89. The van der Waals surface area contributed by atoms with Gasteiger partial charge in [0.25, 0.3) is 5.91 Å². The summed E-state index contributed by atoms with van der Waals surface area (Å²) in [7, 11) is 0. The van der Waals surface area contributed by atoms with Crippen LogP contribution in [0.15, 0.2) is 42.5 Å². The molecule has 6 heteroatoms. The van der Waals surface area contributed by atoms with Crippen LogP contribution in [0, 0.1) is 0 Å². The molecule has 2 aliphatic heterocycles. The average Bonchev–Trinajstić information content (AvgIpc) is 3.07. The van der Waals surface area contributed by atoms with Crippen molar-refractivity contribution in [2.24, 2.45) is 0 Å². The molecule has 0 unspecified atom stereocenters. The number of fused-ring (bicyclic) bond motifs is 2. The van der Waals surface area contributed by atoms with E-state index in [4.69, 9.17) is 18.9 Å². The predicted octanol–water partition coefficient (Wildman–Crippen LogP) is 1.87. The first-order valence-corrected chi connectivity index (χ1v) is 7.34. The zero-order chi connectivity index (χ0) is 15.6. The smallest absolute Gasteiger partial charge is 0.264 e. The van der Waals surface area contributed by atoms with Crippen LogP contribution in [0.3, 0.4) is 0 Å². The van der Waals surface area contributed by atoms with Gasteiger partial charge in [0.2, 0.25) is 12.9 Å². The Labute approximate surface area is 132 Å². The zero-order valence-corrected chi connectivity index (χ0v) is 12.3. The lowest BCUT2D eigenvalue weighted by Crippen LogP contribution is -2.43. The lowest BCUT2D eigenvalue weighted by Gasteiger charge is -2.25. The van der Waals surface area contributed by atoms with E-state index < -0.39 is 6.10 Å². The van der Waals surface area contributed by atoms with Crippen molar-refractivity contribution in [3.05, 3.63) is 48.0 Å². The van der Waals surface area contributed by atoms with E-state index in [-0.39, 0.29) is 19.3 Å². The molecule has 6 nitrogen and oxygen atoms in total. The number of benzene rings is 2. The van der Waals surface area contributed by atoms with Gasteiger partial charge in [-0.1, -0.05) is 18.2 Å². The summed E-state index contributed by atoms with van der Waals surface area (Å²) in [5.74, 6) is 2.45. The van der Waals surface area contributed by atoms with Crippen LogP contribution in [-0.4, -0.2) is 25.4 Å². The van der Waals surface area contributed by atoms with E-state index in [1.807, 2.05) is 36.4 Å². The molecule has 0 saturated heterocycles. The van der Waals surface area contributed by atoms with Gasteiger partial charge in [-0.2, -0.15) is 0 Å². The minimum atomic E-state index is -0.654. The Kier molecular flexibility index (Phi) is 3.42. The number of para-hydroxylation sites is 2. The number of nitrogens with one attached hydrogen (secondary N) is 1. The van der Waals surface area contributed by atoms with Crippen LogP contribution >= 0.6 is 0 Å². The summed E-state index contributed by atoms with van der Waals surface area (Å²) in [6.45, 7) is 0.818. The molecule has 2 aromatic rings. The molecule has 4 rings (SSSR count). The van der Waals surface area contributed by atoms with Gasteiger partial charge in [-0.25, -0.2) is 0 Å². The van der Waals surface area contributed by atoms with Gasteiger partial charge in [0.1, 0.15) is 6.61 Å². The van der Waals surface area contributed by atoms with Gasteiger partial charge < -0.3 is 24.3 Å². The fraction of sp³-hybridized carbons (Fsp3) is 0.235. The summed E-state index contributed by atoms with van der Waals surface area (Å²) in [6.07, 6.45) is -0.654. The number of ether oxygens (including phenoxy) is 4. The minimum absolute atomic E-state index is 0.198. The van der Waals surface area contributed by atoms with Crippen molar-refractivity contribution < 1.29 is 23.7 Å². The molecule has 2 heterocycles. The second kappa shape index (κ2) is 5.72. The number of rotatable bonds is 3. The number of hydrogen-bond donors (Lipinski definition) is 1. The van der Waals surface area contributed by atoms with Crippen LogP contribution in [0.5, 0.6) is 23.0 Å². The Bertz CT molecular complexity index is 746. The van der Waals surface area contributed by atoms with E-state index in [0.717, 1.165) is 11.3 Å². The van der Waals surface area contributed by atoms with Crippen LogP contribution in [-0.2, 0) is 11.3 Å². The van der Waals surface area contributed by atoms with Crippen molar-refractivity contribution in [2.45, 2.75) is 12.6 Å². The Balaban J connectivity index is 1.37. The monoisotopic (exact) mass is 313 g/mol. The van der Waals surface area contributed by atoms with Crippen LogP contribution in [0.1, 0.15) is 5.56 Å². The van der Waals surface area contributed by atoms with Crippen LogP contribution in [0.2, 0.25) is 0 Å². The van der Waals surface area contributed by atoms with E-state index in [1.165, 1.54) is 0 Å². The summed E-state index contributed by atoms with van der Waals surface area (Å²) in [6, 6.07) is 12.9. The maximum Gasteiger partial charge on any atom is 0.264 e. The standard InChI is InChI=1S/C17H15NO5/c19-17(16-9-20-12-3-1-2-4-14(12)23-16)18-8-11-5-6-13-15(7-11)22-10-21-13/h1-7,16H,8-10H2,(H,18,19)/t16-/m0/s1. The SMILES string of the molecule is O=C(NCc1ccc2c(c1)OCO2)[C@@H]1COc2ccccc2O1. The summed E-state index contributed by atoms with van der Waals surface area (Å²) >= 11 is 0. The zero-order valence-electron chi connectivity index (χ0n) is 12.3. The summed E-state index contributed by atoms with van der Waals surface area (Å²) in [5.41, 5.74) is 0.930. The first-order valence-electron chi connectivity index (χ1n) is 7.34. The molecule has 1 amide bonds. The molecule has 23 heavy (non-hydrogen) atoms. The third kappa shape index (κ3) is 2.75. The molecule has 1 atom stereocenters. The number of carbonyl (C=O) groups excluding carboxylic acids is 1. The van der Waals surface area contributed by atoms with Gasteiger partial charge in [-0.3, -0.25) is 4.79 Å². The van der Waals surface area contributed by atoms with Gasteiger partial charge in [-0.05, 0) is 29.8 Å². The molecule has 2 aliphatic rings. The first kappa shape index (κ1) is 13.8. The predicted molar refractivity (Wildman–Crippen MR) is 80.8 cm³/mol. The van der Waals surface area contributed by atoms with Crippen molar-refractivity contribution in [2.75, 3.05) is 13.4 Å². The topological polar surface area (TPSA) is 66.0 Å². The van der Waals surface area contributed by atoms with E-state index in [2.05, 4.69) is 5.32 Å². The van der Waals surface area contributed by atoms with Crippen molar-refractivity contribution in [3.63, 3.8) is 0 Å². The molecule has 0 aromatic heterocycles. The van der Waals surface area contributed by atoms with Crippen molar-refractivity contribution >= 4 is 5.91 Å². The van der Waals surface area contributed by atoms with Gasteiger partial charge in [0.05, 0.1) is 0 Å². The molecule has 1 N–H and O–H groups in total. The molecule has 2 aromatic carbocycles. The van der Waals surface area contributed by atoms with E-state index in [9.17, 15) is 4.79 Å². The minimum Gasteiger partial charge on any atom is -0.485 e. The normalized spacial score (nSPS) is 17.7. The van der Waals surface area contributed by atoms with E-state index >= 15 is 0 Å². The maximum atomic E-state index is 12.2. The fourth-order valence-corrected chi connectivity index (χ4v) is 2.50. The largest absolute Gasteiger partial charge is 0.485 e. The number of carbonyl (C=O) groups is 1. The van der Waals surface area contributed by atoms with Gasteiger partial charge in [0.15, 0.2) is 23.0 Å². The van der Waals surface area contributed by atoms with Crippen LogP contribution in [0.25, 0.3) is 0 Å². The van der Waals surface area contributed by atoms with Gasteiger partial charge in [-0.15, -0.1) is 0 Å². The van der Waals surface area contributed by atoms with Crippen LogP contribution in [0.4, 0.5) is 0 Å². The first-order chi connectivity index (χ1) is 11.3. The van der Waals surface area contributed by atoms with Crippen molar-refractivity contribution in [3.8, 4) is 23.0 Å². The van der Waals surface area contributed by atoms with Crippen molar-refractivity contribution in [1.29, 1.82) is 0 Å². The number of hydrogen-bond acceptors (Lipinski definition) is 5. The Morgan fingerprint density at radius 1 is 1.00 bits per heavy atom. The fourth-order valence-electron chi connectivity index (χ4n) is 2.50. The molecule has 118 valence electrons. The summed E-state index contributed by atoms with van der Waals surface area (Å²) < 4.78 is 21.8. The molecule has 0 bridgehead atoms. The highest BCUT2D eigenvalue weighted by atomic mass is 16.7. The highest BCUT2D eigenvalue weighted by Crippen LogP contribution is 2.33. The van der Waals surface area contributed by atoms with Crippen LogP contribution < -0.4 is 24.3 Å². The molecular weight excluding hydrogens is 298 g/mol. The van der Waals surface area contributed by atoms with Gasteiger partial charge in [0, 0.05) is 6.54 Å². The lowest BCUT2D eigenvalue weighted by atomic mass is 10.2. The highest BCUT2D eigenvalue weighted by Gasteiger charge is 2.27. The second-order valence-electron chi connectivity index (χ2n) is 5.27. The van der Waals surface area contributed by atoms with E-state index in [0.29, 0.717) is 23.8 Å². The summed E-state index contributed by atoms with van der Waals surface area (Å²) in [4.78, 5) is 12.2. The van der Waals surface area contributed by atoms with Gasteiger partial charge >= 0.3 is 0 Å². The van der Waals surface area contributed by atoms with Crippen molar-refractivity contribution in [1.82, 2.24) is 5.32 Å². The molecule has 0 spiro atoms. The second-order valence-corrected chi connectivity index (χ2v) is 5.27.